The molecule has 84 heavy (non-hydrogen) atoms. The minimum Gasteiger partial charge on any atom is -0.508 e. The summed E-state index contributed by atoms with van der Waals surface area (Å²) in [4.78, 5) is 8.56. The highest BCUT2D eigenvalue weighted by atomic mass is 16.6. The second-order valence-corrected chi connectivity index (χ2v) is 30.5. The van der Waals surface area contributed by atoms with E-state index >= 15 is 0 Å². The van der Waals surface area contributed by atoms with Crippen LogP contribution in [0.2, 0.25) is 0 Å². The Morgan fingerprint density at radius 2 is 0.429 bits per heavy atom. The van der Waals surface area contributed by atoms with Gasteiger partial charge < -0.3 is 40.9 Å². The fourth-order valence-electron chi connectivity index (χ4n) is 12.2. The molecular weight excluding hydrogens is 1040 g/mol. The van der Waals surface area contributed by atoms with Gasteiger partial charge >= 0.3 is 6.16 Å². The van der Waals surface area contributed by atoms with E-state index in [1.807, 2.05) is 36.4 Å². The van der Waals surface area contributed by atoms with Crippen molar-refractivity contribution in [2.45, 2.75) is 249 Å². The largest absolute Gasteiger partial charge is 0.508 e. The fraction of sp³-hybridized carbons (Fsp3) is 0.507. The molecule has 0 bridgehead atoms. The van der Waals surface area contributed by atoms with Gasteiger partial charge in [0.05, 0.1) is 0 Å². The topological polar surface area (TPSA) is 179 Å². The van der Waals surface area contributed by atoms with Crippen LogP contribution in [0.5, 0.6) is 34.5 Å². The van der Waals surface area contributed by atoms with E-state index in [9.17, 15) is 30.6 Å². The predicted octanol–water partition coefficient (Wildman–Crippen LogP) is 20.1. The Labute approximate surface area is 505 Å². The van der Waals surface area contributed by atoms with Crippen molar-refractivity contribution in [3.8, 4) is 34.5 Å². The monoisotopic (exact) mass is 1150 g/mol. The quantitative estimate of drug-likeness (QED) is 0.0663. The maximum atomic E-state index is 10.9. The third kappa shape index (κ3) is 16.8. The Morgan fingerprint density at radius 1 is 0.298 bits per heavy atom. The molecule has 0 amide bonds. The highest BCUT2D eigenvalue weighted by molar-refractivity contribution is 5.56. The normalized spacial score (nSPS) is 13.3. The molecule has 0 aliphatic carbocycles. The number of carbonyl (C=O) groups is 1. The van der Waals surface area contributed by atoms with E-state index in [2.05, 4.69) is 216 Å². The smallest absolute Gasteiger partial charge is 0.503 e. The summed E-state index contributed by atoms with van der Waals surface area (Å²) in [5.41, 5.74) is 18.2. The molecule has 6 aromatic carbocycles. The molecule has 9 heteroatoms. The van der Waals surface area contributed by atoms with Crippen LogP contribution in [-0.2, 0) is 32.5 Å². The van der Waals surface area contributed by atoms with Crippen LogP contribution >= 0.6 is 0 Å². The second kappa shape index (κ2) is 25.5. The number of hydrogen-bond acceptors (Lipinski definition) is 7. The Hall–Kier alpha value is -6.61. The predicted molar refractivity (Wildman–Crippen MR) is 350 cm³/mol. The molecular formula is C75H106O9. The molecule has 0 aromatic heterocycles. The maximum absolute atomic E-state index is 10.9. The van der Waals surface area contributed by atoms with Gasteiger partial charge in [0.2, 0.25) is 0 Å². The van der Waals surface area contributed by atoms with Gasteiger partial charge in [-0.15, -0.1) is 0 Å². The molecule has 8 N–H and O–H groups in total. The van der Waals surface area contributed by atoms with Crippen LogP contribution in [0.25, 0.3) is 0 Å². The van der Waals surface area contributed by atoms with E-state index in [1.165, 1.54) is 33.4 Å². The standard InChI is InChI=1S/2C37H52O3.CH2O3/c2*1-21(25-18-29(35(5,6)7)32(38)15-22(25)2)14-28(26-19-30(36(8,9)10)33(39)16-23(26)3)27-20-31(37(11,12)13)34(40)17-24(27)4;2-1(3)4/h2*15-21,28,38-40H,14H2,1-13H3;(H2,2,3,4). The molecule has 0 heterocycles. The van der Waals surface area contributed by atoms with Gasteiger partial charge in [-0.2, -0.15) is 0 Å². The molecule has 9 nitrogen and oxygen atoms in total. The van der Waals surface area contributed by atoms with Crippen LogP contribution in [0.3, 0.4) is 0 Å². The number of aromatic hydroxyl groups is 6. The van der Waals surface area contributed by atoms with E-state index in [4.69, 9.17) is 15.0 Å². The lowest BCUT2D eigenvalue weighted by Crippen LogP contribution is -2.17. The zero-order valence-corrected chi connectivity index (χ0v) is 56.1. The molecule has 2 atom stereocenters. The summed E-state index contributed by atoms with van der Waals surface area (Å²) in [6.45, 7) is 55.5. The number of hydrogen-bond donors (Lipinski definition) is 8. The molecule has 6 aromatic rings. The van der Waals surface area contributed by atoms with Crippen molar-refractivity contribution >= 4 is 6.16 Å². The van der Waals surface area contributed by atoms with E-state index in [-0.39, 0.29) is 56.2 Å². The van der Waals surface area contributed by atoms with Crippen LogP contribution in [0, 0.1) is 41.5 Å². The summed E-state index contributed by atoms with van der Waals surface area (Å²) in [6.07, 6.45) is -0.140. The number of phenolic OH excluding ortho intramolecular Hbond substituents is 6. The highest BCUT2D eigenvalue weighted by Gasteiger charge is 2.33. The van der Waals surface area contributed by atoms with Crippen LogP contribution in [0.15, 0.2) is 72.8 Å². The van der Waals surface area contributed by atoms with Gasteiger partial charge in [-0.05, 0) is 235 Å². The first kappa shape index (κ1) is 69.9. The van der Waals surface area contributed by atoms with Crippen LogP contribution in [-0.4, -0.2) is 47.0 Å². The van der Waals surface area contributed by atoms with E-state index in [1.54, 1.807) is 0 Å². The van der Waals surface area contributed by atoms with Gasteiger partial charge in [0.25, 0.3) is 0 Å². The molecule has 0 spiro atoms. The molecule has 0 aliphatic rings. The number of phenols is 6. The average Bonchev–Trinajstić information content (AvgIpc) is 2.97. The van der Waals surface area contributed by atoms with Crippen molar-refractivity contribution in [2.24, 2.45) is 0 Å². The van der Waals surface area contributed by atoms with Gasteiger partial charge in [-0.25, -0.2) is 4.79 Å². The zero-order valence-electron chi connectivity index (χ0n) is 56.1. The summed E-state index contributed by atoms with van der Waals surface area (Å²) in [6, 6.07) is 24.7. The van der Waals surface area contributed by atoms with Crippen molar-refractivity contribution in [3.63, 3.8) is 0 Å². The summed E-state index contributed by atoms with van der Waals surface area (Å²) in [7, 11) is 0. The average molecular weight is 1150 g/mol. The summed E-state index contributed by atoms with van der Waals surface area (Å²) in [5.74, 6) is 2.54. The highest BCUT2D eigenvalue weighted by Crippen LogP contribution is 2.48. The van der Waals surface area contributed by atoms with Crippen LogP contribution in [0.1, 0.15) is 275 Å². The van der Waals surface area contributed by atoms with Gasteiger partial charge in [0.15, 0.2) is 0 Å². The van der Waals surface area contributed by atoms with E-state index in [0.29, 0.717) is 34.5 Å². The number of carboxylic acid groups (broad SMARTS) is 2. The number of benzene rings is 6. The Balaban J connectivity index is 0.000000339. The van der Waals surface area contributed by atoms with Crippen molar-refractivity contribution < 1.29 is 45.6 Å². The fourth-order valence-corrected chi connectivity index (χ4v) is 12.2. The van der Waals surface area contributed by atoms with Gasteiger partial charge in [0.1, 0.15) is 34.5 Å². The molecule has 0 fully saturated rings. The lowest BCUT2D eigenvalue weighted by atomic mass is 9.74. The van der Waals surface area contributed by atoms with Gasteiger partial charge in [-0.1, -0.05) is 175 Å². The van der Waals surface area contributed by atoms with Crippen molar-refractivity contribution in [3.05, 3.63) is 173 Å². The third-order valence-electron chi connectivity index (χ3n) is 16.9. The Kier molecular flexibility index (Phi) is 21.2. The first-order chi connectivity index (χ1) is 38.0. The third-order valence-corrected chi connectivity index (χ3v) is 16.9. The SMILES string of the molecule is Cc1cc(O)c(C(C)(C)C)cc1C(C)CC(c1cc(C(C)(C)C)c(O)cc1C)c1cc(C(C)(C)C)c(O)cc1C.Cc1cc(O)c(C(C)(C)C)cc1C(C)CC(c1cc(C(C)(C)C)c(O)cc1C)c1cc(C(C)(C)C)c(O)cc1C.O=C(O)O. The number of rotatable bonds is 10. The van der Waals surface area contributed by atoms with Gasteiger partial charge in [-0.3, -0.25) is 0 Å². The molecule has 0 radical (unpaired) electrons. The molecule has 0 saturated carbocycles. The minimum absolute atomic E-state index is 0.0460. The summed E-state index contributed by atoms with van der Waals surface area (Å²) >= 11 is 0. The van der Waals surface area contributed by atoms with Crippen LogP contribution < -0.4 is 0 Å². The maximum Gasteiger partial charge on any atom is 0.503 e. The van der Waals surface area contributed by atoms with E-state index < -0.39 is 6.16 Å². The first-order valence-electron chi connectivity index (χ1n) is 29.9. The molecule has 2 unspecified atom stereocenters. The van der Waals surface area contributed by atoms with Crippen molar-refractivity contribution in [1.82, 2.24) is 0 Å². The Morgan fingerprint density at radius 3 is 0.571 bits per heavy atom. The van der Waals surface area contributed by atoms with Gasteiger partial charge in [0, 0.05) is 11.8 Å². The second-order valence-electron chi connectivity index (χ2n) is 30.5. The molecule has 460 valence electrons. The lowest BCUT2D eigenvalue weighted by molar-refractivity contribution is 0.137. The molecule has 0 aliphatic heterocycles. The zero-order chi connectivity index (χ0) is 64.6. The van der Waals surface area contributed by atoms with Crippen LogP contribution in [0.4, 0.5) is 4.79 Å². The molecule has 0 saturated heterocycles. The van der Waals surface area contributed by atoms with E-state index in [0.717, 1.165) is 79.6 Å². The first-order valence-corrected chi connectivity index (χ1v) is 29.9. The molecule has 6 rings (SSSR count). The lowest BCUT2D eigenvalue weighted by Gasteiger charge is -2.31. The van der Waals surface area contributed by atoms with Crippen molar-refractivity contribution in [1.29, 1.82) is 0 Å². The summed E-state index contributed by atoms with van der Waals surface area (Å²) < 4.78 is 0. The minimum atomic E-state index is -1.83. The Bertz CT molecular complexity index is 2970. The van der Waals surface area contributed by atoms with Crippen molar-refractivity contribution in [2.75, 3.05) is 0 Å². The number of aryl methyl sites for hydroxylation is 6. The summed E-state index contributed by atoms with van der Waals surface area (Å²) in [5, 5.41) is 79.1.